The van der Waals surface area contributed by atoms with Crippen molar-refractivity contribution >= 4 is 27.3 Å². The number of methoxy groups -OCH3 is 1. The largest absolute Gasteiger partial charge is 0.494 e. The van der Waals surface area contributed by atoms with Gasteiger partial charge in [0.1, 0.15) is 19.0 Å². The highest BCUT2D eigenvalue weighted by Gasteiger charge is 2.25. The Morgan fingerprint density at radius 2 is 1.86 bits per heavy atom. The van der Waals surface area contributed by atoms with Gasteiger partial charge in [0.25, 0.3) is 10.0 Å². The van der Waals surface area contributed by atoms with Gasteiger partial charge in [-0.15, -0.1) is 0 Å². The summed E-state index contributed by atoms with van der Waals surface area (Å²) in [6.07, 6.45) is 1.29. The fourth-order valence-electron chi connectivity index (χ4n) is 3.27. The molecule has 0 unspecified atom stereocenters. The number of hydrogen-bond donors (Lipinski definition) is 1. The van der Waals surface area contributed by atoms with Crippen LogP contribution in [0.5, 0.6) is 17.2 Å². The normalized spacial score (nSPS) is 16.2. The number of nitrogens with zero attached hydrogens (tertiary/aromatic N) is 1. The number of anilines is 2. The smallest absolute Gasteiger partial charge is 0.262 e. The molecule has 2 aromatic rings. The molecule has 0 saturated carbocycles. The first-order valence-electron chi connectivity index (χ1n) is 8.89. The Balaban J connectivity index is 1.60. The molecule has 28 heavy (non-hydrogen) atoms. The van der Waals surface area contributed by atoms with Crippen LogP contribution in [0, 0.1) is 0 Å². The minimum Gasteiger partial charge on any atom is -0.494 e. The first-order valence-corrected chi connectivity index (χ1v) is 10.4. The van der Waals surface area contributed by atoms with Crippen molar-refractivity contribution in [3.05, 3.63) is 36.4 Å². The third-order valence-electron chi connectivity index (χ3n) is 4.62. The van der Waals surface area contributed by atoms with Crippen LogP contribution < -0.4 is 23.8 Å². The average Bonchev–Trinajstić information content (AvgIpc) is 3.13. The van der Waals surface area contributed by atoms with Gasteiger partial charge in [0.15, 0.2) is 11.5 Å². The van der Waals surface area contributed by atoms with Gasteiger partial charge in [-0.05, 0) is 30.7 Å². The predicted octanol–water partition coefficient (Wildman–Crippen LogP) is 2.39. The minimum atomic E-state index is -3.84. The Hall–Kier alpha value is -2.94. The Morgan fingerprint density at radius 3 is 2.57 bits per heavy atom. The van der Waals surface area contributed by atoms with Gasteiger partial charge in [-0.25, -0.2) is 8.42 Å². The van der Waals surface area contributed by atoms with Crippen LogP contribution in [-0.2, 0) is 14.8 Å². The second-order valence-electron chi connectivity index (χ2n) is 6.45. The summed E-state index contributed by atoms with van der Waals surface area (Å²) in [6.45, 7) is 1.43. The van der Waals surface area contributed by atoms with Crippen LogP contribution in [0.3, 0.4) is 0 Å². The summed E-state index contributed by atoms with van der Waals surface area (Å²) in [5, 5.41) is 0. The molecule has 9 heteroatoms. The summed E-state index contributed by atoms with van der Waals surface area (Å²) in [6, 6.07) is 9.33. The number of carbonyl (C=O) groups excluding carboxylic acids is 1. The number of amides is 1. The van der Waals surface area contributed by atoms with E-state index in [0.29, 0.717) is 54.8 Å². The number of ether oxygens (including phenoxy) is 3. The lowest BCUT2D eigenvalue weighted by atomic mass is 10.2. The number of rotatable bonds is 5. The van der Waals surface area contributed by atoms with E-state index in [0.717, 1.165) is 6.42 Å². The Kier molecular flexibility index (Phi) is 4.76. The van der Waals surface area contributed by atoms with E-state index in [1.54, 1.807) is 29.2 Å². The second kappa shape index (κ2) is 7.23. The molecule has 0 aromatic heterocycles. The summed E-state index contributed by atoms with van der Waals surface area (Å²) >= 11 is 0. The van der Waals surface area contributed by atoms with E-state index in [1.165, 1.54) is 19.2 Å². The molecule has 0 radical (unpaired) electrons. The van der Waals surface area contributed by atoms with Crippen LogP contribution in [0.1, 0.15) is 12.8 Å². The molecule has 0 spiro atoms. The van der Waals surface area contributed by atoms with Crippen LogP contribution in [0.25, 0.3) is 0 Å². The van der Waals surface area contributed by atoms with Gasteiger partial charge in [0.2, 0.25) is 5.91 Å². The highest BCUT2D eigenvalue weighted by Crippen LogP contribution is 2.36. The highest BCUT2D eigenvalue weighted by atomic mass is 32.2. The molecule has 2 aliphatic heterocycles. The lowest BCUT2D eigenvalue weighted by molar-refractivity contribution is -0.117. The van der Waals surface area contributed by atoms with E-state index >= 15 is 0 Å². The fraction of sp³-hybridized carbons (Fsp3) is 0.316. The molecule has 1 saturated heterocycles. The zero-order chi connectivity index (χ0) is 19.7. The topological polar surface area (TPSA) is 94.2 Å². The average molecular weight is 404 g/mol. The van der Waals surface area contributed by atoms with E-state index < -0.39 is 10.0 Å². The number of fused-ring (bicyclic) bond motifs is 1. The maximum absolute atomic E-state index is 12.8. The number of benzene rings is 2. The van der Waals surface area contributed by atoms with Crippen molar-refractivity contribution in [2.75, 3.05) is 36.5 Å². The maximum Gasteiger partial charge on any atom is 0.262 e. The van der Waals surface area contributed by atoms with Gasteiger partial charge in [-0.3, -0.25) is 9.52 Å². The molecule has 2 heterocycles. The van der Waals surface area contributed by atoms with Gasteiger partial charge in [-0.2, -0.15) is 0 Å². The summed E-state index contributed by atoms with van der Waals surface area (Å²) < 4.78 is 44.3. The molecule has 8 nitrogen and oxygen atoms in total. The van der Waals surface area contributed by atoms with Crippen molar-refractivity contribution in [2.45, 2.75) is 17.7 Å². The van der Waals surface area contributed by atoms with Crippen molar-refractivity contribution in [1.29, 1.82) is 0 Å². The van der Waals surface area contributed by atoms with Crippen molar-refractivity contribution in [1.82, 2.24) is 0 Å². The molecule has 1 amide bonds. The molecule has 148 valence electrons. The van der Waals surface area contributed by atoms with Crippen LogP contribution in [0.15, 0.2) is 41.3 Å². The van der Waals surface area contributed by atoms with Crippen molar-refractivity contribution in [2.24, 2.45) is 0 Å². The fourth-order valence-corrected chi connectivity index (χ4v) is 4.34. The summed E-state index contributed by atoms with van der Waals surface area (Å²) in [7, 11) is -2.35. The first kappa shape index (κ1) is 18.4. The molecule has 1 fully saturated rings. The van der Waals surface area contributed by atoms with Crippen molar-refractivity contribution in [3.63, 3.8) is 0 Å². The van der Waals surface area contributed by atoms with Crippen LogP contribution in [0.4, 0.5) is 11.4 Å². The number of hydrogen-bond acceptors (Lipinski definition) is 6. The van der Waals surface area contributed by atoms with Gasteiger partial charge in [0.05, 0.1) is 23.4 Å². The second-order valence-corrected chi connectivity index (χ2v) is 8.13. The summed E-state index contributed by atoms with van der Waals surface area (Å²) in [5.74, 6) is 1.38. The van der Waals surface area contributed by atoms with E-state index in [1.807, 2.05) is 0 Å². The molecule has 0 bridgehead atoms. The summed E-state index contributed by atoms with van der Waals surface area (Å²) in [5.41, 5.74) is 0.967. The van der Waals surface area contributed by atoms with E-state index in [9.17, 15) is 13.2 Å². The molecule has 4 rings (SSSR count). The number of carbonyl (C=O) groups is 1. The van der Waals surface area contributed by atoms with Crippen LogP contribution in [0.2, 0.25) is 0 Å². The zero-order valence-corrected chi connectivity index (χ0v) is 16.1. The molecular weight excluding hydrogens is 384 g/mol. The van der Waals surface area contributed by atoms with Crippen molar-refractivity contribution in [3.8, 4) is 17.2 Å². The van der Waals surface area contributed by atoms with Gasteiger partial charge < -0.3 is 19.1 Å². The molecular formula is C19H20N2O6S. The molecule has 2 aromatic carbocycles. The van der Waals surface area contributed by atoms with Crippen LogP contribution in [-0.4, -0.2) is 41.2 Å². The van der Waals surface area contributed by atoms with Gasteiger partial charge in [-0.1, -0.05) is 0 Å². The quantitative estimate of drug-likeness (QED) is 0.822. The Labute approximate surface area is 163 Å². The zero-order valence-electron chi connectivity index (χ0n) is 15.3. The molecule has 0 aliphatic carbocycles. The lowest BCUT2D eigenvalue weighted by Gasteiger charge is -2.20. The SMILES string of the molecule is COc1cc(NS(=O)(=O)c2ccc3c(c2)OCCO3)ccc1N1CCCC1=O. The Bertz CT molecular complexity index is 1020. The first-order chi connectivity index (χ1) is 13.5. The molecule has 0 atom stereocenters. The Morgan fingerprint density at radius 1 is 1.07 bits per heavy atom. The molecule has 2 aliphatic rings. The van der Waals surface area contributed by atoms with E-state index in [2.05, 4.69) is 4.72 Å². The monoisotopic (exact) mass is 404 g/mol. The highest BCUT2D eigenvalue weighted by molar-refractivity contribution is 7.92. The van der Waals surface area contributed by atoms with Crippen LogP contribution >= 0.6 is 0 Å². The third-order valence-corrected chi connectivity index (χ3v) is 6.00. The number of nitrogens with one attached hydrogen (secondary N) is 1. The summed E-state index contributed by atoms with van der Waals surface area (Å²) in [4.78, 5) is 13.7. The maximum atomic E-state index is 12.8. The predicted molar refractivity (Wildman–Crippen MR) is 103 cm³/mol. The van der Waals surface area contributed by atoms with E-state index in [-0.39, 0.29) is 10.8 Å². The third kappa shape index (κ3) is 3.45. The van der Waals surface area contributed by atoms with Crippen molar-refractivity contribution < 1.29 is 27.4 Å². The number of sulfonamides is 1. The molecule has 1 N–H and O–H groups in total. The standard InChI is InChI=1S/C19H20N2O6S/c1-25-17-11-13(4-6-15(17)21-8-2-3-19(21)22)20-28(23,24)14-5-7-16-18(12-14)27-10-9-26-16/h4-7,11-12,20H,2-3,8-10H2,1H3. The van der Waals surface area contributed by atoms with Gasteiger partial charge >= 0.3 is 0 Å². The van der Waals surface area contributed by atoms with Gasteiger partial charge in [0, 0.05) is 25.1 Å². The van der Waals surface area contributed by atoms with E-state index in [4.69, 9.17) is 14.2 Å². The minimum absolute atomic E-state index is 0.0305. The lowest BCUT2D eigenvalue weighted by Crippen LogP contribution is -2.24.